The van der Waals surface area contributed by atoms with Gasteiger partial charge in [-0.05, 0) is 49.2 Å². The maximum Gasteiger partial charge on any atom is 0.417 e. The van der Waals surface area contributed by atoms with Gasteiger partial charge in [0.05, 0.1) is 39.1 Å². The molecular formula is C25H21F4N7O. The Hall–Kier alpha value is -4.22. The number of nitrogens with zero attached hydrogens (tertiary/aromatic N) is 3. The van der Waals surface area contributed by atoms with E-state index < -0.39 is 28.5 Å². The van der Waals surface area contributed by atoms with Crippen molar-refractivity contribution in [1.82, 2.24) is 30.6 Å². The summed E-state index contributed by atoms with van der Waals surface area (Å²) >= 11 is 0. The van der Waals surface area contributed by atoms with Crippen LogP contribution in [0.25, 0.3) is 33.1 Å². The fraction of sp³-hybridized carbons (Fsp3) is 0.280. The molecule has 12 heteroatoms. The number of aromatic nitrogens is 6. The monoisotopic (exact) mass is 511 g/mol. The van der Waals surface area contributed by atoms with Crippen LogP contribution >= 0.6 is 0 Å². The second-order valence-corrected chi connectivity index (χ2v) is 9.24. The fourth-order valence-corrected chi connectivity index (χ4v) is 5.16. The molecule has 37 heavy (non-hydrogen) atoms. The lowest BCUT2D eigenvalue weighted by atomic mass is 9.86. The largest absolute Gasteiger partial charge is 0.417 e. The smallest absolute Gasteiger partial charge is 0.337 e. The maximum atomic E-state index is 14.2. The van der Waals surface area contributed by atoms with Crippen molar-refractivity contribution in [2.45, 2.75) is 44.2 Å². The van der Waals surface area contributed by atoms with E-state index in [9.17, 15) is 22.4 Å². The molecule has 1 aliphatic carbocycles. The third-order valence-corrected chi connectivity index (χ3v) is 6.89. The van der Waals surface area contributed by atoms with Crippen molar-refractivity contribution in [1.29, 1.82) is 0 Å². The molecule has 5 aromatic rings. The van der Waals surface area contributed by atoms with Crippen molar-refractivity contribution >= 4 is 33.3 Å². The summed E-state index contributed by atoms with van der Waals surface area (Å²) in [4.78, 5) is 12.2. The summed E-state index contributed by atoms with van der Waals surface area (Å²) in [5.41, 5.74) is -0.601. The van der Waals surface area contributed by atoms with Gasteiger partial charge in [-0.3, -0.25) is 20.1 Å². The number of anilines is 2. The highest BCUT2D eigenvalue weighted by Gasteiger charge is 2.38. The number of aromatic amines is 3. The van der Waals surface area contributed by atoms with Gasteiger partial charge < -0.3 is 5.32 Å². The predicted octanol–water partition coefficient (Wildman–Crippen LogP) is 6.14. The van der Waals surface area contributed by atoms with Crippen LogP contribution in [0.5, 0.6) is 0 Å². The second-order valence-electron chi connectivity index (χ2n) is 9.24. The quantitative estimate of drug-likeness (QED) is 0.217. The first-order valence-corrected chi connectivity index (χ1v) is 11.9. The molecule has 6 rings (SSSR count). The number of H-pyrrole nitrogens is 3. The third kappa shape index (κ3) is 4.11. The van der Waals surface area contributed by atoms with Crippen LogP contribution in [-0.4, -0.2) is 30.6 Å². The molecule has 190 valence electrons. The molecule has 0 spiro atoms. The standard InChI is InChI=1S/C25H21F4N7O/c26-13-6-8-16-15(10-13)23(35-31-16)30-19-11-18(33-34-22(19)12-4-2-1-3-5-12)14-7-9-17-20(24(37)36-32-17)21(14)25(27,28)29/h6-12H,1-5H2,(H2,32,36,37)(H2,30,31,33,35). The number of fused-ring (bicyclic) bond motifs is 2. The van der Waals surface area contributed by atoms with E-state index in [0.29, 0.717) is 28.1 Å². The van der Waals surface area contributed by atoms with Crippen molar-refractivity contribution in [3.8, 4) is 11.3 Å². The Labute approximate surface area is 206 Å². The molecule has 1 aliphatic rings. The first kappa shape index (κ1) is 23.2. The highest BCUT2D eigenvalue weighted by Crippen LogP contribution is 2.42. The van der Waals surface area contributed by atoms with Crippen LogP contribution in [0.1, 0.15) is 49.3 Å². The van der Waals surface area contributed by atoms with E-state index in [0.717, 1.165) is 32.1 Å². The van der Waals surface area contributed by atoms with Crippen molar-refractivity contribution < 1.29 is 17.6 Å². The van der Waals surface area contributed by atoms with E-state index in [1.54, 1.807) is 6.07 Å². The van der Waals surface area contributed by atoms with E-state index in [1.165, 1.54) is 30.3 Å². The molecule has 4 N–H and O–H groups in total. The summed E-state index contributed by atoms with van der Waals surface area (Å²) in [6.07, 6.45) is 0.0459. The van der Waals surface area contributed by atoms with Gasteiger partial charge in [-0.25, -0.2) is 4.39 Å². The van der Waals surface area contributed by atoms with Gasteiger partial charge in [0.1, 0.15) is 5.82 Å². The zero-order valence-electron chi connectivity index (χ0n) is 19.3. The molecular weight excluding hydrogens is 490 g/mol. The van der Waals surface area contributed by atoms with Crippen LogP contribution in [0.2, 0.25) is 0 Å². The SMILES string of the molecule is O=c1[nH][nH]c2ccc(-c3cc(Nc4n[nH]c5ccc(F)cc45)c(C4CCCCC4)nn3)c(C(F)(F)F)c12. The number of benzene rings is 2. The first-order chi connectivity index (χ1) is 17.8. The number of alkyl halides is 3. The van der Waals surface area contributed by atoms with E-state index in [-0.39, 0.29) is 22.7 Å². The van der Waals surface area contributed by atoms with Crippen LogP contribution in [0.3, 0.4) is 0 Å². The lowest BCUT2D eigenvalue weighted by molar-refractivity contribution is -0.135. The molecule has 1 fully saturated rings. The van der Waals surface area contributed by atoms with Gasteiger partial charge in [-0.1, -0.05) is 19.3 Å². The Morgan fingerprint density at radius 3 is 2.51 bits per heavy atom. The summed E-state index contributed by atoms with van der Waals surface area (Å²) in [5, 5.41) is 23.5. The van der Waals surface area contributed by atoms with E-state index in [1.807, 2.05) is 0 Å². The molecule has 1 saturated carbocycles. The fourth-order valence-electron chi connectivity index (χ4n) is 5.16. The molecule has 0 atom stereocenters. The number of hydrogen-bond acceptors (Lipinski definition) is 5. The molecule has 0 aliphatic heterocycles. The van der Waals surface area contributed by atoms with Crippen LogP contribution in [0.4, 0.5) is 29.1 Å². The number of rotatable bonds is 4. The van der Waals surface area contributed by atoms with Gasteiger partial charge in [0.15, 0.2) is 5.82 Å². The average Bonchev–Trinajstić information content (AvgIpc) is 3.46. The minimum atomic E-state index is -4.82. The predicted molar refractivity (Wildman–Crippen MR) is 130 cm³/mol. The summed E-state index contributed by atoms with van der Waals surface area (Å²) in [7, 11) is 0. The van der Waals surface area contributed by atoms with Crippen LogP contribution in [0.15, 0.2) is 41.2 Å². The highest BCUT2D eigenvalue weighted by molar-refractivity contribution is 5.92. The van der Waals surface area contributed by atoms with Crippen molar-refractivity contribution in [3.63, 3.8) is 0 Å². The van der Waals surface area contributed by atoms with E-state index in [4.69, 9.17) is 0 Å². The van der Waals surface area contributed by atoms with Crippen LogP contribution < -0.4 is 10.9 Å². The molecule has 2 aromatic carbocycles. The molecule has 3 heterocycles. The normalized spacial score (nSPS) is 15.0. The zero-order valence-corrected chi connectivity index (χ0v) is 19.3. The molecule has 0 unspecified atom stereocenters. The van der Waals surface area contributed by atoms with E-state index in [2.05, 4.69) is 35.9 Å². The Morgan fingerprint density at radius 2 is 1.73 bits per heavy atom. The molecule has 0 saturated heterocycles. The summed E-state index contributed by atoms with van der Waals surface area (Å²) in [6, 6.07) is 8.34. The van der Waals surface area contributed by atoms with Gasteiger partial charge in [0.25, 0.3) is 5.56 Å². The van der Waals surface area contributed by atoms with Gasteiger partial charge in [-0.15, -0.1) is 0 Å². The molecule has 0 radical (unpaired) electrons. The van der Waals surface area contributed by atoms with Gasteiger partial charge >= 0.3 is 6.18 Å². The third-order valence-electron chi connectivity index (χ3n) is 6.89. The lowest BCUT2D eigenvalue weighted by Crippen LogP contribution is -2.14. The summed E-state index contributed by atoms with van der Waals surface area (Å²) < 4.78 is 56.6. The molecule has 3 aromatic heterocycles. The van der Waals surface area contributed by atoms with Gasteiger partial charge in [-0.2, -0.15) is 28.5 Å². The molecule has 0 bridgehead atoms. The number of halogens is 4. The maximum absolute atomic E-state index is 14.2. The first-order valence-electron chi connectivity index (χ1n) is 11.9. The molecule has 0 amide bonds. The second kappa shape index (κ2) is 8.71. The zero-order chi connectivity index (χ0) is 25.7. The summed E-state index contributed by atoms with van der Waals surface area (Å²) in [6.45, 7) is 0. The van der Waals surface area contributed by atoms with E-state index >= 15 is 0 Å². The summed E-state index contributed by atoms with van der Waals surface area (Å²) in [5.74, 6) is -0.0613. The van der Waals surface area contributed by atoms with Crippen molar-refractivity contribution in [2.75, 3.05) is 5.32 Å². The minimum absolute atomic E-state index is 0.0382. The Morgan fingerprint density at radius 1 is 0.946 bits per heavy atom. The number of nitrogens with one attached hydrogen (secondary N) is 4. The van der Waals surface area contributed by atoms with Crippen molar-refractivity contribution in [3.05, 3.63) is 63.8 Å². The number of hydrogen-bond donors (Lipinski definition) is 4. The van der Waals surface area contributed by atoms with Gasteiger partial charge in [0, 0.05) is 16.9 Å². The minimum Gasteiger partial charge on any atom is -0.337 e. The average molecular weight is 511 g/mol. The Balaban J connectivity index is 1.53. The van der Waals surface area contributed by atoms with Crippen LogP contribution in [-0.2, 0) is 6.18 Å². The topological polar surface area (TPSA) is 115 Å². The Bertz CT molecular complexity index is 1680. The lowest BCUT2D eigenvalue weighted by Gasteiger charge is -2.23. The van der Waals surface area contributed by atoms with Gasteiger partial charge in [0.2, 0.25) is 0 Å². The highest BCUT2D eigenvalue weighted by atomic mass is 19.4. The van der Waals surface area contributed by atoms with Crippen LogP contribution in [0, 0.1) is 5.82 Å². The van der Waals surface area contributed by atoms with Crippen molar-refractivity contribution in [2.24, 2.45) is 0 Å². The Kier molecular flexibility index (Phi) is 5.46. The molecule has 8 nitrogen and oxygen atoms in total.